The Balaban J connectivity index is 1.25. The molecule has 9 nitrogen and oxygen atoms in total. The molecule has 0 radical (unpaired) electrons. The summed E-state index contributed by atoms with van der Waals surface area (Å²) in [6.45, 7) is 3.87. The van der Waals surface area contributed by atoms with E-state index >= 15 is 0 Å². The van der Waals surface area contributed by atoms with E-state index < -0.39 is 24.3 Å². The van der Waals surface area contributed by atoms with Crippen molar-refractivity contribution >= 4 is 23.2 Å². The summed E-state index contributed by atoms with van der Waals surface area (Å²) < 4.78 is 22.1. The first-order valence-corrected chi connectivity index (χ1v) is 10.2. The summed E-state index contributed by atoms with van der Waals surface area (Å²) in [6.07, 6.45) is 3.78. The number of nitrogens with zero attached hydrogens (tertiary/aromatic N) is 4. The van der Waals surface area contributed by atoms with Crippen LogP contribution < -0.4 is 10.6 Å². The molecule has 0 saturated heterocycles. The van der Waals surface area contributed by atoms with E-state index in [0.717, 1.165) is 24.1 Å². The largest absolute Gasteiger partial charge is 0.443 e. The van der Waals surface area contributed by atoms with Crippen LogP contribution in [0.3, 0.4) is 0 Å². The first kappa shape index (κ1) is 18.8. The third-order valence-corrected chi connectivity index (χ3v) is 5.92. The highest BCUT2D eigenvalue weighted by Crippen LogP contribution is 2.39. The van der Waals surface area contributed by atoms with Crippen LogP contribution in [0.1, 0.15) is 49.9 Å². The fraction of sp³-hybridized carbons (Fsp3) is 0.500. The fourth-order valence-electron chi connectivity index (χ4n) is 3.95. The molecule has 3 heterocycles. The molecule has 3 atom stereocenters. The van der Waals surface area contributed by atoms with Crippen molar-refractivity contribution in [3.63, 3.8) is 0 Å². The number of hydrogen-bond acceptors (Lipinski definition) is 6. The highest BCUT2D eigenvalue weighted by molar-refractivity contribution is 5.72. The zero-order chi connectivity index (χ0) is 20.9. The maximum absolute atomic E-state index is 15.0. The molecule has 0 spiro atoms. The molecule has 10 heteroatoms. The van der Waals surface area contributed by atoms with Crippen LogP contribution in [0, 0.1) is 6.92 Å². The van der Waals surface area contributed by atoms with E-state index in [2.05, 4.69) is 30.9 Å². The number of carbonyl (C=O) groups is 1. The van der Waals surface area contributed by atoms with E-state index in [1.165, 1.54) is 0 Å². The highest BCUT2D eigenvalue weighted by atomic mass is 19.1. The molecule has 1 amide bonds. The van der Waals surface area contributed by atoms with E-state index in [1.54, 1.807) is 23.0 Å². The highest BCUT2D eigenvalue weighted by Gasteiger charge is 2.43. The first-order valence-electron chi connectivity index (χ1n) is 10.2. The van der Waals surface area contributed by atoms with Crippen molar-refractivity contribution in [2.75, 3.05) is 5.32 Å². The lowest BCUT2D eigenvalue weighted by molar-refractivity contribution is 0.0546. The number of ether oxygens (including phenoxy) is 1. The smallest absolute Gasteiger partial charge is 0.407 e. The molecular weight excluding hydrogens is 389 g/mol. The fourth-order valence-corrected chi connectivity index (χ4v) is 3.95. The monoisotopic (exact) mass is 413 g/mol. The Bertz CT molecular complexity index is 1090. The lowest BCUT2D eigenvalue weighted by Gasteiger charge is -2.19. The lowest BCUT2D eigenvalue weighted by atomic mass is 10.0. The topological polar surface area (TPSA) is 109 Å². The van der Waals surface area contributed by atoms with Gasteiger partial charge in [0.1, 0.15) is 17.8 Å². The van der Waals surface area contributed by atoms with Gasteiger partial charge in [-0.25, -0.2) is 18.7 Å². The Morgan fingerprint density at radius 1 is 1.37 bits per heavy atom. The van der Waals surface area contributed by atoms with Gasteiger partial charge >= 0.3 is 6.09 Å². The standard InChI is InChI=1S/C20H24FN7O2/c1-11-9-14-18(22-7-8-28(14)27-11)23-16-10-13(25-26-16)12-3-4-15(17(12)21)30-19(29)24-20(2)5-6-20/h7-10,12,15,17H,3-6H2,1-2H3,(H,24,29)(H2,22,23,25,26)/t12-,15-,17-/m0/s1. The normalized spacial score (nSPS) is 24.7. The van der Waals surface area contributed by atoms with Gasteiger partial charge in [0.25, 0.3) is 0 Å². The van der Waals surface area contributed by atoms with Gasteiger partial charge in [0, 0.05) is 35.6 Å². The minimum absolute atomic E-state index is 0.185. The molecule has 2 fully saturated rings. The maximum Gasteiger partial charge on any atom is 0.407 e. The molecule has 2 aliphatic rings. The van der Waals surface area contributed by atoms with E-state index in [1.807, 2.05) is 19.9 Å². The quantitative estimate of drug-likeness (QED) is 0.592. The average molecular weight is 413 g/mol. The molecule has 0 bridgehead atoms. The minimum atomic E-state index is -1.28. The number of hydrogen-bond donors (Lipinski definition) is 3. The molecule has 30 heavy (non-hydrogen) atoms. The number of aromatic nitrogens is 5. The maximum atomic E-state index is 15.0. The van der Waals surface area contributed by atoms with Gasteiger partial charge in [0.05, 0.1) is 5.69 Å². The van der Waals surface area contributed by atoms with Gasteiger partial charge < -0.3 is 15.4 Å². The molecule has 2 saturated carbocycles. The molecule has 0 aromatic carbocycles. The van der Waals surface area contributed by atoms with E-state index in [0.29, 0.717) is 30.2 Å². The average Bonchev–Trinajstić information content (AvgIpc) is 3.03. The number of amides is 1. The van der Waals surface area contributed by atoms with Crippen molar-refractivity contribution in [2.24, 2.45) is 0 Å². The van der Waals surface area contributed by atoms with Crippen molar-refractivity contribution in [2.45, 2.75) is 63.3 Å². The summed E-state index contributed by atoms with van der Waals surface area (Å²) in [6, 6.07) is 3.70. The number of alkyl halides is 1. The third-order valence-electron chi connectivity index (χ3n) is 5.92. The second-order valence-corrected chi connectivity index (χ2v) is 8.48. The van der Waals surface area contributed by atoms with Crippen LogP contribution in [-0.2, 0) is 4.74 Å². The van der Waals surface area contributed by atoms with Gasteiger partial charge in [-0.05, 0) is 45.6 Å². The molecule has 3 aromatic rings. The van der Waals surface area contributed by atoms with Crippen molar-refractivity contribution in [3.8, 4) is 0 Å². The van der Waals surface area contributed by atoms with Crippen LogP contribution in [0.5, 0.6) is 0 Å². The summed E-state index contributed by atoms with van der Waals surface area (Å²) in [5, 5.41) is 17.5. The second-order valence-electron chi connectivity index (χ2n) is 8.48. The van der Waals surface area contributed by atoms with E-state index in [4.69, 9.17) is 4.74 Å². The molecule has 158 valence electrons. The predicted molar refractivity (Wildman–Crippen MR) is 108 cm³/mol. The van der Waals surface area contributed by atoms with Crippen molar-refractivity contribution < 1.29 is 13.9 Å². The summed E-state index contributed by atoms with van der Waals surface area (Å²) in [4.78, 5) is 16.4. The van der Waals surface area contributed by atoms with E-state index in [9.17, 15) is 9.18 Å². The second kappa shape index (κ2) is 6.96. The number of rotatable bonds is 5. The van der Waals surface area contributed by atoms with Crippen LogP contribution in [0.2, 0.25) is 0 Å². The summed E-state index contributed by atoms with van der Waals surface area (Å²) >= 11 is 0. The van der Waals surface area contributed by atoms with Gasteiger partial charge in [-0.1, -0.05) is 0 Å². The van der Waals surface area contributed by atoms with Crippen molar-refractivity contribution in [3.05, 3.63) is 35.9 Å². The van der Waals surface area contributed by atoms with Gasteiger partial charge in [0.2, 0.25) is 0 Å². The molecule has 5 rings (SSSR count). The number of anilines is 2. The number of aromatic amines is 1. The Labute approximate surface area is 172 Å². The zero-order valence-corrected chi connectivity index (χ0v) is 16.9. The van der Waals surface area contributed by atoms with Gasteiger partial charge in [-0.3, -0.25) is 5.10 Å². The van der Waals surface area contributed by atoms with Crippen LogP contribution in [0.15, 0.2) is 24.5 Å². The molecule has 3 N–H and O–H groups in total. The van der Waals surface area contributed by atoms with Gasteiger partial charge in [-0.2, -0.15) is 10.2 Å². The van der Waals surface area contributed by atoms with Crippen LogP contribution in [0.4, 0.5) is 20.8 Å². The zero-order valence-electron chi connectivity index (χ0n) is 16.9. The van der Waals surface area contributed by atoms with Crippen molar-refractivity contribution in [1.29, 1.82) is 0 Å². The number of carbonyl (C=O) groups excluding carboxylic acids is 1. The lowest BCUT2D eigenvalue weighted by Crippen LogP contribution is -2.38. The SMILES string of the molecule is Cc1cc2c(Nc3cc([C@@H]4CC[C@H](OC(=O)NC5(C)CC5)[C@H]4F)[nH]n3)nccn2n1. The molecule has 0 aliphatic heterocycles. The number of fused-ring (bicyclic) bond motifs is 1. The first-order chi connectivity index (χ1) is 14.4. The Morgan fingerprint density at radius 2 is 2.20 bits per heavy atom. The predicted octanol–water partition coefficient (Wildman–Crippen LogP) is 3.37. The Kier molecular flexibility index (Phi) is 4.37. The number of alkyl carbamates (subject to hydrolysis) is 1. The summed E-state index contributed by atoms with van der Waals surface area (Å²) in [7, 11) is 0. The molecule has 0 unspecified atom stereocenters. The minimum Gasteiger partial charge on any atom is -0.443 e. The summed E-state index contributed by atoms with van der Waals surface area (Å²) in [5.41, 5.74) is 2.19. The van der Waals surface area contributed by atoms with Crippen LogP contribution in [0.25, 0.3) is 5.52 Å². The van der Waals surface area contributed by atoms with E-state index in [-0.39, 0.29) is 5.54 Å². The van der Waals surface area contributed by atoms with Crippen LogP contribution >= 0.6 is 0 Å². The number of aryl methyl sites for hydroxylation is 1. The molecular formula is C20H24FN7O2. The number of nitrogens with one attached hydrogen (secondary N) is 3. The van der Waals surface area contributed by atoms with Crippen molar-refractivity contribution in [1.82, 2.24) is 30.1 Å². The number of halogens is 1. The Hall–Kier alpha value is -3.17. The number of H-pyrrole nitrogens is 1. The van der Waals surface area contributed by atoms with Gasteiger partial charge in [0.15, 0.2) is 11.6 Å². The van der Waals surface area contributed by atoms with Crippen LogP contribution in [-0.4, -0.2) is 48.7 Å². The Morgan fingerprint density at radius 3 is 3.00 bits per heavy atom. The summed E-state index contributed by atoms with van der Waals surface area (Å²) in [5.74, 6) is 0.759. The molecule has 3 aromatic heterocycles. The van der Waals surface area contributed by atoms with Gasteiger partial charge in [-0.15, -0.1) is 0 Å². The molecule has 2 aliphatic carbocycles. The third kappa shape index (κ3) is 3.57.